The average Bonchev–Trinajstić information content (AvgIpc) is 3.41. The maximum atomic E-state index is 13.2. The summed E-state index contributed by atoms with van der Waals surface area (Å²) < 4.78 is 26.4. The van der Waals surface area contributed by atoms with Gasteiger partial charge in [-0.05, 0) is 62.1 Å². The molecule has 0 bridgehead atoms. The van der Waals surface area contributed by atoms with Crippen LogP contribution in [0.4, 0.5) is 0 Å². The second kappa shape index (κ2) is 10.7. The van der Waals surface area contributed by atoms with E-state index in [0.717, 1.165) is 22.6 Å². The minimum Gasteiger partial charge on any atom is -0.218 e. The number of hydrogen-bond donors (Lipinski definition) is 0. The molecule has 3 heterocycles. The second-order valence-corrected chi connectivity index (χ2v) is 11.9. The normalized spacial score (nSPS) is 15.5. The van der Waals surface area contributed by atoms with Gasteiger partial charge in [-0.15, -0.1) is 22.7 Å². The van der Waals surface area contributed by atoms with E-state index in [9.17, 15) is 8.42 Å². The Balaban J connectivity index is 1.63. The first-order valence-corrected chi connectivity index (χ1v) is 14.0. The summed E-state index contributed by atoms with van der Waals surface area (Å²) in [6, 6.07) is 8.15. The number of aryl methyl sites for hydroxylation is 2. The number of unbranched alkanes of at least 4 members (excludes halogenated alkanes) is 6. The number of allylic oxidation sites excluding steroid dienone is 2. The molecular weight excluding hydrogens is 416 g/mol. The first-order chi connectivity index (χ1) is 14.1. The van der Waals surface area contributed by atoms with Crippen LogP contribution in [-0.2, 0) is 22.7 Å². The Morgan fingerprint density at radius 3 is 1.52 bits per heavy atom. The first kappa shape index (κ1) is 22.5. The topological polar surface area (TPSA) is 34.1 Å². The Labute approximate surface area is 184 Å². The highest BCUT2D eigenvalue weighted by Gasteiger charge is 2.31. The molecule has 0 saturated carbocycles. The van der Waals surface area contributed by atoms with E-state index in [1.54, 1.807) is 34.8 Å². The Bertz CT molecular complexity index is 886. The van der Waals surface area contributed by atoms with Gasteiger partial charge >= 0.3 is 0 Å². The third-order valence-corrected chi connectivity index (χ3v) is 9.81. The Morgan fingerprint density at radius 1 is 0.655 bits per heavy atom. The van der Waals surface area contributed by atoms with Gasteiger partial charge in [0.15, 0.2) is 0 Å². The molecule has 0 N–H and O–H groups in total. The Morgan fingerprint density at radius 2 is 1.10 bits per heavy atom. The van der Waals surface area contributed by atoms with Gasteiger partial charge < -0.3 is 0 Å². The van der Waals surface area contributed by atoms with Crippen molar-refractivity contribution in [2.24, 2.45) is 0 Å². The Hall–Kier alpha value is -1.17. The van der Waals surface area contributed by atoms with Crippen molar-refractivity contribution in [3.63, 3.8) is 0 Å². The van der Waals surface area contributed by atoms with Crippen LogP contribution >= 0.6 is 22.7 Å². The highest BCUT2D eigenvalue weighted by Crippen LogP contribution is 2.42. The van der Waals surface area contributed by atoms with Gasteiger partial charge in [-0.1, -0.05) is 52.4 Å². The summed E-state index contributed by atoms with van der Waals surface area (Å²) in [5.41, 5.74) is 0. The summed E-state index contributed by atoms with van der Waals surface area (Å²) in [6.07, 6.45) is 15.5. The van der Waals surface area contributed by atoms with E-state index >= 15 is 0 Å². The first-order valence-electron chi connectivity index (χ1n) is 10.9. The van der Waals surface area contributed by atoms with Gasteiger partial charge in [0.1, 0.15) is 0 Å². The zero-order valence-electron chi connectivity index (χ0n) is 17.6. The molecule has 0 aromatic carbocycles. The molecule has 0 spiro atoms. The van der Waals surface area contributed by atoms with Crippen molar-refractivity contribution in [2.75, 3.05) is 0 Å². The summed E-state index contributed by atoms with van der Waals surface area (Å²) in [7, 11) is -3.42. The molecule has 5 heteroatoms. The second-order valence-electron chi connectivity index (χ2n) is 7.72. The molecule has 0 saturated heterocycles. The van der Waals surface area contributed by atoms with Gasteiger partial charge in [0.05, 0.1) is 9.81 Å². The van der Waals surface area contributed by atoms with Crippen LogP contribution in [-0.4, -0.2) is 8.42 Å². The third kappa shape index (κ3) is 5.71. The molecule has 0 radical (unpaired) electrons. The van der Waals surface area contributed by atoms with Crippen molar-refractivity contribution >= 4 is 42.3 Å². The van der Waals surface area contributed by atoms with Gasteiger partial charge in [0, 0.05) is 19.5 Å². The maximum absolute atomic E-state index is 13.2. The fraction of sp³-hybridized carbons (Fsp3) is 0.500. The molecule has 0 atom stereocenters. The quantitative estimate of drug-likeness (QED) is 0.310. The molecule has 0 amide bonds. The highest BCUT2D eigenvalue weighted by molar-refractivity contribution is 8.09. The van der Waals surface area contributed by atoms with E-state index in [1.165, 1.54) is 61.1 Å². The summed E-state index contributed by atoms with van der Waals surface area (Å²) in [5.74, 6) is 0. The van der Waals surface area contributed by atoms with E-state index in [1.807, 2.05) is 12.1 Å². The van der Waals surface area contributed by atoms with Crippen LogP contribution in [0.5, 0.6) is 0 Å². The number of rotatable bonds is 12. The number of hydrogen-bond acceptors (Lipinski definition) is 4. The monoisotopic (exact) mass is 448 g/mol. The predicted molar refractivity (Wildman–Crippen MR) is 129 cm³/mol. The molecule has 0 fully saturated rings. The summed E-state index contributed by atoms with van der Waals surface area (Å²) in [4.78, 5) is 5.25. The molecule has 1 aliphatic heterocycles. The third-order valence-electron chi connectivity index (χ3n) is 5.33. The molecule has 0 aliphatic carbocycles. The minimum atomic E-state index is -3.42. The van der Waals surface area contributed by atoms with Gasteiger partial charge in [-0.3, -0.25) is 0 Å². The van der Waals surface area contributed by atoms with E-state index in [-0.39, 0.29) is 0 Å². The fourth-order valence-corrected chi connectivity index (χ4v) is 7.86. The van der Waals surface area contributed by atoms with E-state index < -0.39 is 9.84 Å². The standard InChI is InChI=1S/C24H32O2S3/c1-3-5-7-9-11-19-13-15-21(27-19)23-17-18-24(29(23,25)26)22-16-14-20(28-22)12-10-8-6-4-2/h13-18H,3-12H2,1-2H3. The molecular formula is C24H32O2S3. The zero-order chi connectivity index (χ0) is 20.7. The van der Waals surface area contributed by atoms with Crippen molar-refractivity contribution in [3.05, 3.63) is 55.9 Å². The Kier molecular flexibility index (Phi) is 8.34. The van der Waals surface area contributed by atoms with E-state index in [2.05, 4.69) is 26.0 Å². The summed E-state index contributed by atoms with van der Waals surface area (Å²) in [5, 5.41) is 0. The summed E-state index contributed by atoms with van der Waals surface area (Å²) >= 11 is 3.26. The number of thiophene rings is 2. The smallest absolute Gasteiger partial charge is 0.209 e. The van der Waals surface area contributed by atoms with Crippen LogP contribution in [0.25, 0.3) is 9.81 Å². The molecule has 0 unspecified atom stereocenters. The van der Waals surface area contributed by atoms with E-state index in [4.69, 9.17) is 0 Å². The molecule has 2 aromatic rings. The maximum Gasteiger partial charge on any atom is 0.209 e. The van der Waals surface area contributed by atoms with Crippen LogP contribution in [0.2, 0.25) is 0 Å². The van der Waals surface area contributed by atoms with Crippen molar-refractivity contribution in [3.8, 4) is 0 Å². The molecule has 158 valence electrons. The average molecular weight is 449 g/mol. The molecule has 2 aromatic heterocycles. The lowest BCUT2D eigenvalue weighted by atomic mass is 10.1. The molecule has 2 nitrogen and oxygen atoms in total. The molecule has 1 aliphatic rings. The summed E-state index contributed by atoms with van der Waals surface area (Å²) in [6.45, 7) is 4.43. The largest absolute Gasteiger partial charge is 0.218 e. The molecule has 3 rings (SSSR count). The highest BCUT2D eigenvalue weighted by atomic mass is 32.2. The SMILES string of the molecule is CCCCCCc1ccc(C2=CC=C(c3ccc(CCCCCC)s3)S2(=O)=O)s1. The van der Waals surface area contributed by atoms with E-state index in [0.29, 0.717) is 9.81 Å². The predicted octanol–water partition coefficient (Wildman–Crippen LogP) is 7.87. The van der Waals surface area contributed by atoms with Crippen molar-refractivity contribution < 1.29 is 8.42 Å². The number of sulfone groups is 1. The lowest BCUT2D eigenvalue weighted by Crippen LogP contribution is -2.00. The van der Waals surface area contributed by atoms with Crippen LogP contribution in [0.3, 0.4) is 0 Å². The van der Waals surface area contributed by atoms with Crippen LogP contribution in [0.1, 0.15) is 84.7 Å². The van der Waals surface area contributed by atoms with Crippen molar-refractivity contribution in [2.45, 2.75) is 78.1 Å². The van der Waals surface area contributed by atoms with Gasteiger partial charge in [0.2, 0.25) is 9.84 Å². The van der Waals surface area contributed by atoms with Gasteiger partial charge in [0.25, 0.3) is 0 Å². The van der Waals surface area contributed by atoms with Crippen molar-refractivity contribution in [1.82, 2.24) is 0 Å². The zero-order valence-corrected chi connectivity index (χ0v) is 20.0. The van der Waals surface area contributed by atoms with Gasteiger partial charge in [-0.2, -0.15) is 0 Å². The lowest BCUT2D eigenvalue weighted by molar-refractivity contribution is 0.615. The molecule has 29 heavy (non-hydrogen) atoms. The van der Waals surface area contributed by atoms with Crippen LogP contribution in [0, 0.1) is 0 Å². The van der Waals surface area contributed by atoms with Crippen LogP contribution in [0.15, 0.2) is 36.4 Å². The minimum absolute atomic E-state index is 0.468. The fourth-order valence-electron chi connectivity index (χ4n) is 3.62. The van der Waals surface area contributed by atoms with Crippen molar-refractivity contribution in [1.29, 1.82) is 0 Å². The lowest BCUT2D eigenvalue weighted by Gasteiger charge is -2.04. The van der Waals surface area contributed by atoms with Gasteiger partial charge in [-0.25, -0.2) is 8.42 Å². The van der Waals surface area contributed by atoms with Crippen LogP contribution < -0.4 is 0 Å².